The lowest BCUT2D eigenvalue weighted by atomic mass is 9.40. The van der Waals surface area contributed by atoms with Gasteiger partial charge in [0.1, 0.15) is 5.60 Å². The summed E-state index contributed by atoms with van der Waals surface area (Å²) in [4.78, 5) is 12.7. The predicted octanol–water partition coefficient (Wildman–Crippen LogP) is 2.46. The zero-order chi connectivity index (χ0) is 17.9. The fourth-order valence-corrected chi connectivity index (χ4v) is 6.55. The van der Waals surface area contributed by atoms with Crippen molar-refractivity contribution in [3.8, 4) is 0 Å². The Balaban J connectivity index is 2.07. The van der Waals surface area contributed by atoms with Crippen molar-refractivity contribution in [3.63, 3.8) is 0 Å². The second-order valence-electron chi connectivity index (χ2n) is 9.20. The van der Waals surface area contributed by atoms with Gasteiger partial charge < -0.3 is 15.3 Å². The molecule has 3 rings (SSSR count). The van der Waals surface area contributed by atoms with E-state index in [0.29, 0.717) is 18.4 Å². The van der Waals surface area contributed by atoms with Crippen LogP contribution in [0.25, 0.3) is 0 Å². The van der Waals surface area contributed by atoms with Gasteiger partial charge in [0.15, 0.2) is 5.78 Å². The number of rotatable bonds is 1. The average Bonchev–Trinajstić information content (AvgIpc) is 2.49. The van der Waals surface area contributed by atoms with E-state index in [2.05, 4.69) is 20.8 Å². The first kappa shape index (κ1) is 18.1. The average molecular weight is 336 g/mol. The van der Waals surface area contributed by atoms with Gasteiger partial charge in [0.05, 0.1) is 12.7 Å². The molecule has 3 N–H and O–H groups in total. The minimum atomic E-state index is -1.16. The van der Waals surface area contributed by atoms with E-state index in [1.165, 1.54) is 0 Å². The molecule has 136 valence electrons. The number of Topliss-reactive ketones (excluding diaryl/α,β-unsaturated/α-hetero) is 1. The minimum Gasteiger partial charge on any atom is -0.392 e. The molecule has 0 unspecified atom stereocenters. The Bertz CT molecular complexity index is 566. The predicted molar refractivity (Wildman–Crippen MR) is 92.2 cm³/mol. The van der Waals surface area contributed by atoms with Gasteiger partial charge in [0, 0.05) is 11.8 Å². The number of carbonyl (C=O) groups is 1. The van der Waals surface area contributed by atoms with Gasteiger partial charge in [-0.3, -0.25) is 4.79 Å². The van der Waals surface area contributed by atoms with E-state index in [1.54, 1.807) is 6.08 Å². The van der Waals surface area contributed by atoms with Gasteiger partial charge in [-0.1, -0.05) is 40.2 Å². The number of carbonyl (C=O) groups excluding carboxylic acids is 1. The summed E-state index contributed by atoms with van der Waals surface area (Å²) in [7, 11) is 0. The van der Waals surface area contributed by atoms with Crippen LogP contribution in [0.5, 0.6) is 0 Å². The zero-order valence-electron chi connectivity index (χ0n) is 15.4. The van der Waals surface area contributed by atoms with Crippen molar-refractivity contribution >= 4 is 5.78 Å². The van der Waals surface area contributed by atoms with Crippen LogP contribution >= 0.6 is 0 Å². The highest BCUT2D eigenvalue weighted by Crippen LogP contribution is 2.66. The monoisotopic (exact) mass is 336 g/mol. The zero-order valence-corrected chi connectivity index (χ0v) is 15.4. The van der Waals surface area contributed by atoms with Gasteiger partial charge in [-0.2, -0.15) is 0 Å². The van der Waals surface area contributed by atoms with E-state index in [-0.39, 0.29) is 35.6 Å². The van der Waals surface area contributed by atoms with Crippen LogP contribution < -0.4 is 0 Å². The summed E-state index contributed by atoms with van der Waals surface area (Å²) in [5.41, 5.74) is -1.27. The molecule has 24 heavy (non-hydrogen) atoms. The molecule has 0 aromatic rings. The SMILES string of the molecule is C[C@H]1/C(=C/CO)C(=O)C[C@H]2[C@H]1C[C@@H](O)[C@@]1(O)C(C)(C)CCC[C@]21C. The number of allylic oxidation sites excluding steroid dienone is 1. The van der Waals surface area contributed by atoms with Crippen LogP contribution in [0.3, 0.4) is 0 Å². The van der Waals surface area contributed by atoms with Crippen LogP contribution in [0.15, 0.2) is 11.6 Å². The first-order valence-electron chi connectivity index (χ1n) is 9.34. The first-order valence-corrected chi connectivity index (χ1v) is 9.34. The van der Waals surface area contributed by atoms with Crippen LogP contribution in [-0.2, 0) is 4.79 Å². The Morgan fingerprint density at radius 3 is 2.54 bits per heavy atom. The lowest BCUT2D eigenvalue weighted by Crippen LogP contribution is -2.72. The summed E-state index contributed by atoms with van der Waals surface area (Å²) in [5.74, 6) is 0.379. The molecular formula is C20H32O4. The lowest BCUT2D eigenvalue weighted by molar-refractivity contribution is -0.287. The van der Waals surface area contributed by atoms with Crippen molar-refractivity contribution in [2.45, 2.75) is 71.5 Å². The van der Waals surface area contributed by atoms with Crippen LogP contribution in [0.2, 0.25) is 0 Å². The van der Waals surface area contributed by atoms with Crippen molar-refractivity contribution < 1.29 is 20.1 Å². The fraction of sp³-hybridized carbons (Fsp3) is 0.850. The third kappa shape index (κ3) is 2.12. The van der Waals surface area contributed by atoms with E-state index in [1.807, 2.05) is 6.92 Å². The van der Waals surface area contributed by atoms with Crippen molar-refractivity contribution in [3.05, 3.63) is 11.6 Å². The molecule has 3 saturated carbocycles. The summed E-state index contributed by atoms with van der Waals surface area (Å²) >= 11 is 0. The molecule has 0 saturated heterocycles. The number of aliphatic hydroxyl groups is 3. The maximum absolute atomic E-state index is 12.7. The van der Waals surface area contributed by atoms with E-state index in [9.17, 15) is 20.1 Å². The number of aliphatic hydroxyl groups excluding tert-OH is 2. The summed E-state index contributed by atoms with van der Waals surface area (Å²) in [6, 6.07) is 0. The highest BCUT2D eigenvalue weighted by molar-refractivity contribution is 5.97. The Morgan fingerprint density at radius 2 is 1.92 bits per heavy atom. The van der Waals surface area contributed by atoms with E-state index in [4.69, 9.17) is 0 Å². The van der Waals surface area contributed by atoms with Gasteiger partial charge in [-0.05, 0) is 48.0 Å². The first-order chi connectivity index (χ1) is 11.1. The number of ketones is 1. The molecule has 0 aromatic heterocycles. The van der Waals surface area contributed by atoms with Gasteiger partial charge >= 0.3 is 0 Å². The van der Waals surface area contributed by atoms with E-state index < -0.39 is 17.1 Å². The molecule has 0 amide bonds. The van der Waals surface area contributed by atoms with Crippen molar-refractivity contribution in [1.29, 1.82) is 0 Å². The summed E-state index contributed by atoms with van der Waals surface area (Å²) < 4.78 is 0. The second kappa shape index (κ2) is 5.65. The topological polar surface area (TPSA) is 77.8 Å². The molecule has 6 atom stereocenters. The number of hydrogen-bond donors (Lipinski definition) is 3. The Kier molecular flexibility index (Phi) is 4.26. The van der Waals surface area contributed by atoms with Crippen molar-refractivity contribution in [2.75, 3.05) is 6.61 Å². The summed E-state index contributed by atoms with van der Waals surface area (Å²) in [6.45, 7) is 8.11. The molecule has 0 spiro atoms. The lowest BCUT2D eigenvalue weighted by Gasteiger charge is -2.67. The second-order valence-corrected chi connectivity index (χ2v) is 9.20. The molecule has 4 heteroatoms. The van der Waals surface area contributed by atoms with Crippen LogP contribution in [0, 0.1) is 28.6 Å². The Labute approximate surface area is 145 Å². The van der Waals surface area contributed by atoms with Crippen molar-refractivity contribution in [2.24, 2.45) is 28.6 Å². The molecule has 3 aliphatic carbocycles. The third-order valence-corrected chi connectivity index (χ3v) is 7.88. The van der Waals surface area contributed by atoms with Gasteiger partial charge in [-0.25, -0.2) is 0 Å². The molecule has 0 bridgehead atoms. The third-order valence-electron chi connectivity index (χ3n) is 7.88. The standard InChI is InChI=1S/C20H32O4/c1-12-13(6-9-21)16(22)11-15-14(12)10-17(23)20(24)18(2,3)7-5-8-19(15,20)4/h6,12,14-15,17,21,23-24H,5,7-11H2,1-4H3/b13-6-/t12-,14-,15-,17+,19+,20+/m0/s1. The highest BCUT2D eigenvalue weighted by Gasteiger charge is 2.69. The molecule has 0 radical (unpaired) electrons. The van der Waals surface area contributed by atoms with E-state index >= 15 is 0 Å². The van der Waals surface area contributed by atoms with Crippen LogP contribution in [-0.4, -0.2) is 39.4 Å². The maximum Gasteiger partial charge on any atom is 0.159 e. The number of fused-ring (bicyclic) bond motifs is 3. The minimum absolute atomic E-state index is 0.0180. The number of hydrogen-bond acceptors (Lipinski definition) is 4. The summed E-state index contributed by atoms with van der Waals surface area (Å²) in [5, 5.41) is 31.9. The molecule has 4 nitrogen and oxygen atoms in total. The van der Waals surface area contributed by atoms with Crippen LogP contribution in [0.4, 0.5) is 0 Å². The fourth-order valence-electron chi connectivity index (χ4n) is 6.55. The molecule has 0 aliphatic heterocycles. The molecule has 0 heterocycles. The quantitative estimate of drug-likeness (QED) is 0.643. The molecule has 3 aliphatic rings. The van der Waals surface area contributed by atoms with Gasteiger partial charge in [0.2, 0.25) is 0 Å². The normalized spacial score (nSPS) is 49.6. The Hall–Kier alpha value is -0.710. The highest BCUT2D eigenvalue weighted by atomic mass is 16.3. The maximum atomic E-state index is 12.7. The molecule has 3 fully saturated rings. The largest absolute Gasteiger partial charge is 0.392 e. The molecular weight excluding hydrogens is 304 g/mol. The smallest absolute Gasteiger partial charge is 0.159 e. The van der Waals surface area contributed by atoms with Gasteiger partial charge in [0.25, 0.3) is 0 Å². The van der Waals surface area contributed by atoms with Crippen molar-refractivity contribution in [1.82, 2.24) is 0 Å². The molecule has 0 aromatic carbocycles. The Morgan fingerprint density at radius 1 is 1.25 bits per heavy atom. The van der Waals surface area contributed by atoms with Crippen LogP contribution in [0.1, 0.15) is 59.8 Å². The van der Waals surface area contributed by atoms with Gasteiger partial charge in [-0.15, -0.1) is 0 Å². The summed E-state index contributed by atoms with van der Waals surface area (Å²) in [6.07, 6.45) is 4.56. The van der Waals surface area contributed by atoms with E-state index in [0.717, 1.165) is 19.3 Å².